The number of rotatable bonds is 6. The van der Waals surface area contributed by atoms with E-state index in [9.17, 15) is 4.79 Å². The first kappa shape index (κ1) is 14.7. The second-order valence-corrected chi connectivity index (χ2v) is 5.19. The highest BCUT2D eigenvalue weighted by Crippen LogP contribution is 2.21. The second-order valence-electron chi connectivity index (χ2n) is 5.19. The fourth-order valence-electron chi connectivity index (χ4n) is 1.98. The summed E-state index contributed by atoms with van der Waals surface area (Å²) in [5, 5.41) is 2.94. The van der Waals surface area contributed by atoms with Crippen LogP contribution in [0.1, 0.15) is 37.3 Å². The van der Waals surface area contributed by atoms with Gasteiger partial charge in [0.05, 0.1) is 0 Å². The molecular formula is C15H24N2O. The predicted molar refractivity (Wildman–Crippen MR) is 75.4 cm³/mol. The fourth-order valence-corrected chi connectivity index (χ4v) is 1.98. The Morgan fingerprint density at radius 3 is 2.56 bits per heavy atom. The van der Waals surface area contributed by atoms with Gasteiger partial charge in [-0.05, 0) is 30.5 Å². The van der Waals surface area contributed by atoms with Crippen molar-refractivity contribution in [2.75, 3.05) is 13.1 Å². The largest absolute Gasteiger partial charge is 0.356 e. The van der Waals surface area contributed by atoms with Crippen LogP contribution < -0.4 is 11.1 Å². The van der Waals surface area contributed by atoms with Gasteiger partial charge in [-0.1, -0.05) is 38.1 Å². The van der Waals surface area contributed by atoms with Crippen LogP contribution in [-0.4, -0.2) is 19.0 Å². The van der Waals surface area contributed by atoms with Crippen LogP contribution in [0.25, 0.3) is 0 Å². The number of carbonyl (C=O) groups is 1. The monoisotopic (exact) mass is 248 g/mol. The van der Waals surface area contributed by atoms with Gasteiger partial charge in [0.2, 0.25) is 5.91 Å². The van der Waals surface area contributed by atoms with Crippen molar-refractivity contribution >= 4 is 5.91 Å². The van der Waals surface area contributed by atoms with Crippen LogP contribution in [0, 0.1) is 12.8 Å². The smallest absolute Gasteiger partial charge is 0.220 e. The van der Waals surface area contributed by atoms with Gasteiger partial charge in [-0.3, -0.25) is 4.79 Å². The third-order valence-corrected chi connectivity index (χ3v) is 3.05. The van der Waals surface area contributed by atoms with Gasteiger partial charge in [0.15, 0.2) is 0 Å². The summed E-state index contributed by atoms with van der Waals surface area (Å²) in [7, 11) is 0. The van der Waals surface area contributed by atoms with Crippen LogP contribution in [-0.2, 0) is 4.79 Å². The quantitative estimate of drug-likeness (QED) is 0.811. The summed E-state index contributed by atoms with van der Waals surface area (Å²) in [6.45, 7) is 7.46. The van der Waals surface area contributed by atoms with Crippen LogP contribution in [0.5, 0.6) is 0 Å². The molecule has 0 spiro atoms. The molecule has 1 rings (SSSR count). The van der Waals surface area contributed by atoms with Crippen molar-refractivity contribution in [3.8, 4) is 0 Å². The first-order valence-corrected chi connectivity index (χ1v) is 6.56. The molecule has 3 nitrogen and oxygen atoms in total. The summed E-state index contributed by atoms with van der Waals surface area (Å²) in [6.07, 6.45) is 0.466. The maximum Gasteiger partial charge on any atom is 0.220 e. The molecule has 0 aliphatic carbocycles. The van der Waals surface area contributed by atoms with E-state index < -0.39 is 0 Å². The molecule has 3 heteroatoms. The molecule has 0 aliphatic heterocycles. The van der Waals surface area contributed by atoms with E-state index in [-0.39, 0.29) is 11.8 Å². The summed E-state index contributed by atoms with van der Waals surface area (Å²) in [5.41, 5.74) is 8.18. The number of carbonyl (C=O) groups excluding carboxylic acids is 1. The van der Waals surface area contributed by atoms with Gasteiger partial charge < -0.3 is 11.1 Å². The van der Waals surface area contributed by atoms with E-state index in [4.69, 9.17) is 5.73 Å². The summed E-state index contributed by atoms with van der Waals surface area (Å²) in [4.78, 5) is 11.8. The first-order valence-electron chi connectivity index (χ1n) is 6.56. The number of aryl methyl sites for hydroxylation is 1. The zero-order valence-electron chi connectivity index (χ0n) is 11.6. The maximum atomic E-state index is 11.8. The number of hydrogen-bond donors (Lipinski definition) is 2. The Labute approximate surface area is 110 Å². The minimum atomic E-state index is 0.0856. The van der Waals surface area contributed by atoms with Crippen LogP contribution in [0.15, 0.2) is 24.3 Å². The molecule has 18 heavy (non-hydrogen) atoms. The van der Waals surface area contributed by atoms with Gasteiger partial charge in [-0.2, -0.15) is 0 Å². The van der Waals surface area contributed by atoms with Gasteiger partial charge in [0, 0.05) is 18.9 Å². The predicted octanol–water partition coefficient (Wildman–Crippen LogP) is 2.20. The molecule has 0 aliphatic rings. The molecule has 0 bridgehead atoms. The van der Waals surface area contributed by atoms with Crippen LogP contribution >= 0.6 is 0 Å². The number of nitrogens with two attached hydrogens (primary N) is 1. The average Bonchev–Trinajstić information content (AvgIpc) is 2.34. The molecule has 1 amide bonds. The molecule has 0 heterocycles. The average molecular weight is 248 g/mol. The molecule has 0 saturated carbocycles. The maximum absolute atomic E-state index is 11.8. The Morgan fingerprint density at radius 2 is 2.00 bits per heavy atom. The zero-order chi connectivity index (χ0) is 13.5. The van der Waals surface area contributed by atoms with E-state index >= 15 is 0 Å². The Morgan fingerprint density at radius 1 is 1.33 bits per heavy atom. The van der Waals surface area contributed by atoms with E-state index in [1.54, 1.807) is 0 Å². The van der Waals surface area contributed by atoms with Crippen LogP contribution in [0.2, 0.25) is 0 Å². The molecule has 1 aromatic carbocycles. The number of hydrogen-bond acceptors (Lipinski definition) is 2. The van der Waals surface area contributed by atoms with E-state index in [0.29, 0.717) is 18.9 Å². The lowest BCUT2D eigenvalue weighted by Gasteiger charge is -2.17. The summed E-state index contributed by atoms with van der Waals surface area (Å²) in [6, 6.07) is 8.12. The Hall–Kier alpha value is -1.35. The molecule has 0 radical (unpaired) electrons. The SMILES string of the molecule is Cc1ccccc1C(CN)CC(=O)NCC(C)C. The van der Waals surface area contributed by atoms with Crippen molar-refractivity contribution in [2.45, 2.75) is 33.1 Å². The minimum absolute atomic E-state index is 0.0856. The summed E-state index contributed by atoms with van der Waals surface area (Å²) >= 11 is 0. The summed E-state index contributed by atoms with van der Waals surface area (Å²) in [5.74, 6) is 0.671. The lowest BCUT2D eigenvalue weighted by Crippen LogP contribution is -2.30. The number of amides is 1. The molecule has 3 N–H and O–H groups in total. The van der Waals surface area contributed by atoms with Crippen molar-refractivity contribution in [1.29, 1.82) is 0 Å². The second kappa shape index (κ2) is 7.17. The van der Waals surface area contributed by atoms with Gasteiger partial charge in [0.1, 0.15) is 0 Å². The number of benzene rings is 1. The third-order valence-electron chi connectivity index (χ3n) is 3.05. The lowest BCUT2D eigenvalue weighted by molar-refractivity contribution is -0.121. The molecule has 100 valence electrons. The molecule has 1 atom stereocenters. The highest BCUT2D eigenvalue weighted by molar-refractivity contribution is 5.77. The standard InChI is InChI=1S/C15H24N2O/c1-11(2)10-17-15(18)8-13(9-16)14-7-5-4-6-12(14)3/h4-7,11,13H,8-10,16H2,1-3H3,(H,17,18). The molecule has 1 unspecified atom stereocenters. The molecule has 1 aromatic rings. The molecule has 0 fully saturated rings. The highest BCUT2D eigenvalue weighted by atomic mass is 16.1. The molecular weight excluding hydrogens is 224 g/mol. The zero-order valence-corrected chi connectivity index (χ0v) is 11.6. The van der Waals surface area contributed by atoms with E-state index in [1.807, 2.05) is 12.1 Å². The van der Waals surface area contributed by atoms with Gasteiger partial charge in [-0.25, -0.2) is 0 Å². The highest BCUT2D eigenvalue weighted by Gasteiger charge is 2.16. The van der Waals surface area contributed by atoms with Gasteiger partial charge >= 0.3 is 0 Å². The van der Waals surface area contributed by atoms with E-state index in [2.05, 4.69) is 38.2 Å². The third kappa shape index (κ3) is 4.49. The van der Waals surface area contributed by atoms with Gasteiger partial charge in [0.25, 0.3) is 0 Å². The number of nitrogens with one attached hydrogen (secondary N) is 1. The van der Waals surface area contributed by atoms with Crippen molar-refractivity contribution in [1.82, 2.24) is 5.32 Å². The van der Waals surface area contributed by atoms with Crippen molar-refractivity contribution in [3.05, 3.63) is 35.4 Å². The summed E-state index contributed by atoms with van der Waals surface area (Å²) < 4.78 is 0. The Kier molecular flexibility index (Phi) is 5.86. The minimum Gasteiger partial charge on any atom is -0.356 e. The van der Waals surface area contributed by atoms with Crippen molar-refractivity contribution < 1.29 is 4.79 Å². The van der Waals surface area contributed by atoms with E-state index in [0.717, 1.165) is 6.54 Å². The van der Waals surface area contributed by atoms with Gasteiger partial charge in [-0.15, -0.1) is 0 Å². The van der Waals surface area contributed by atoms with Crippen molar-refractivity contribution in [2.24, 2.45) is 11.7 Å². The fraction of sp³-hybridized carbons (Fsp3) is 0.533. The normalized spacial score (nSPS) is 12.5. The first-order chi connectivity index (χ1) is 8.54. The molecule has 0 saturated heterocycles. The lowest BCUT2D eigenvalue weighted by atomic mass is 9.92. The van der Waals surface area contributed by atoms with Crippen LogP contribution in [0.4, 0.5) is 0 Å². The Bertz CT molecular complexity index is 388. The van der Waals surface area contributed by atoms with Crippen molar-refractivity contribution in [3.63, 3.8) is 0 Å². The topological polar surface area (TPSA) is 55.1 Å². The van der Waals surface area contributed by atoms with E-state index in [1.165, 1.54) is 11.1 Å². The van der Waals surface area contributed by atoms with Crippen LogP contribution in [0.3, 0.4) is 0 Å². The Balaban J connectivity index is 2.62. The molecule has 0 aromatic heterocycles.